The van der Waals surface area contributed by atoms with E-state index >= 15 is 0 Å². The van der Waals surface area contributed by atoms with Crippen LogP contribution in [0.25, 0.3) is 0 Å². The van der Waals surface area contributed by atoms with Crippen molar-refractivity contribution >= 4 is 17.9 Å². The smallest absolute Gasteiger partial charge is 0.306 e. The number of esters is 3. The lowest BCUT2D eigenvalue weighted by Crippen LogP contribution is -2.30. The highest BCUT2D eigenvalue weighted by Crippen LogP contribution is 2.17. The minimum Gasteiger partial charge on any atom is -0.462 e. The Labute approximate surface area is 470 Å². The van der Waals surface area contributed by atoms with Crippen LogP contribution in [-0.4, -0.2) is 37.2 Å². The number of carbonyl (C=O) groups excluding carboxylic acids is 3. The summed E-state index contributed by atoms with van der Waals surface area (Å²) in [5.74, 6) is -1.01. The number of allylic oxidation sites excluding steroid dienone is 16. The molecule has 1 unspecified atom stereocenters. The van der Waals surface area contributed by atoms with Crippen LogP contribution >= 0.6 is 0 Å². The van der Waals surface area contributed by atoms with Crippen LogP contribution < -0.4 is 0 Å². The van der Waals surface area contributed by atoms with Crippen LogP contribution in [0.15, 0.2) is 97.2 Å². The molecule has 436 valence electrons. The second kappa shape index (κ2) is 63.9. The molecule has 0 radical (unpaired) electrons. The van der Waals surface area contributed by atoms with Crippen LogP contribution in [0.5, 0.6) is 0 Å². The van der Waals surface area contributed by atoms with E-state index in [9.17, 15) is 14.4 Å². The van der Waals surface area contributed by atoms with Gasteiger partial charge in [-0.3, -0.25) is 14.4 Å². The molecular formula is C70H120O6. The molecule has 0 spiro atoms. The highest BCUT2D eigenvalue weighted by atomic mass is 16.6. The molecule has 0 aromatic carbocycles. The Morgan fingerprint density at radius 1 is 0.276 bits per heavy atom. The van der Waals surface area contributed by atoms with Crippen molar-refractivity contribution in [3.63, 3.8) is 0 Å². The van der Waals surface area contributed by atoms with E-state index in [1.807, 2.05) is 6.08 Å². The summed E-state index contributed by atoms with van der Waals surface area (Å²) < 4.78 is 16.8. The molecule has 0 saturated heterocycles. The van der Waals surface area contributed by atoms with E-state index in [0.717, 1.165) is 103 Å². The Bertz CT molecular complexity index is 1490. The van der Waals surface area contributed by atoms with Crippen LogP contribution in [0.1, 0.15) is 310 Å². The quantitative estimate of drug-likeness (QED) is 0.0261. The van der Waals surface area contributed by atoms with Crippen molar-refractivity contribution in [2.24, 2.45) is 0 Å². The lowest BCUT2D eigenvalue weighted by molar-refractivity contribution is -0.166. The predicted molar refractivity (Wildman–Crippen MR) is 330 cm³/mol. The Hall–Kier alpha value is -3.67. The summed E-state index contributed by atoms with van der Waals surface area (Å²) in [6.45, 7) is 6.36. The van der Waals surface area contributed by atoms with E-state index in [-0.39, 0.29) is 44.0 Å². The van der Waals surface area contributed by atoms with Gasteiger partial charge < -0.3 is 14.2 Å². The van der Waals surface area contributed by atoms with Gasteiger partial charge in [0.2, 0.25) is 0 Å². The maximum atomic E-state index is 12.9. The molecule has 6 nitrogen and oxygen atoms in total. The Morgan fingerprint density at radius 3 is 0.882 bits per heavy atom. The zero-order chi connectivity index (χ0) is 55.0. The maximum absolute atomic E-state index is 12.9. The summed E-state index contributed by atoms with van der Waals surface area (Å²) in [5, 5.41) is 0. The second-order valence-corrected chi connectivity index (χ2v) is 21.3. The van der Waals surface area contributed by atoms with Crippen molar-refractivity contribution in [1.29, 1.82) is 0 Å². The zero-order valence-corrected chi connectivity index (χ0v) is 50.0. The molecule has 0 N–H and O–H groups in total. The third-order valence-corrected chi connectivity index (χ3v) is 13.8. The van der Waals surface area contributed by atoms with Gasteiger partial charge in [-0.25, -0.2) is 0 Å². The molecule has 0 aromatic heterocycles. The van der Waals surface area contributed by atoms with Crippen molar-refractivity contribution in [1.82, 2.24) is 0 Å². The molecule has 76 heavy (non-hydrogen) atoms. The van der Waals surface area contributed by atoms with E-state index in [2.05, 4.69) is 112 Å². The minimum absolute atomic E-state index is 0.108. The van der Waals surface area contributed by atoms with E-state index in [0.29, 0.717) is 12.8 Å². The van der Waals surface area contributed by atoms with Gasteiger partial charge in [0.15, 0.2) is 6.10 Å². The van der Waals surface area contributed by atoms with Gasteiger partial charge in [0, 0.05) is 19.3 Å². The average molecular weight is 1060 g/mol. The fraction of sp³-hybridized carbons (Fsp3) is 0.729. The summed E-state index contributed by atoms with van der Waals surface area (Å²) >= 11 is 0. The van der Waals surface area contributed by atoms with Crippen molar-refractivity contribution in [3.8, 4) is 0 Å². The third-order valence-electron chi connectivity index (χ3n) is 13.8. The van der Waals surface area contributed by atoms with Gasteiger partial charge in [0.05, 0.1) is 0 Å². The van der Waals surface area contributed by atoms with Crippen LogP contribution in [0.3, 0.4) is 0 Å². The number of hydrogen-bond acceptors (Lipinski definition) is 6. The molecular weight excluding hydrogens is 937 g/mol. The van der Waals surface area contributed by atoms with Gasteiger partial charge in [-0.15, -0.1) is 0 Å². The fourth-order valence-corrected chi connectivity index (χ4v) is 9.10. The summed E-state index contributed by atoms with van der Waals surface area (Å²) in [6, 6.07) is 0. The van der Waals surface area contributed by atoms with Crippen LogP contribution in [-0.2, 0) is 28.6 Å². The molecule has 1 atom stereocenters. The average Bonchev–Trinajstić information content (AvgIpc) is 3.42. The Kier molecular flexibility index (Phi) is 60.8. The Morgan fingerprint density at radius 2 is 0.539 bits per heavy atom. The van der Waals surface area contributed by atoms with E-state index in [1.165, 1.54) is 161 Å². The molecule has 0 fully saturated rings. The number of carbonyl (C=O) groups is 3. The van der Waals surface area contributed by atoms with Gasteiger partial charge >= 0.3 is 17.9 Å². The minimum atomic E-state index is -0.820. The van der Waals surface area contributed by atoms with E-state index in [4.69, 9.17) is 14.2 Å². The summed E-state index contributed by atoms with van der Waals surface area (Å²) in [4.78, 5) is 38.2. The molecule has 6 heteroatoms. The fourth-order valence-electron chi connectivity index (χ4n) is 9.10. The summed E-state index contributed by atoms with van der Waals surface area (Å²) in [6.07, 6.45) is 86.0. The van der Waals surface area contributed by atoms with Crippen molar-refractivity contribution in [2.45, 2.75) is 316 Å². The van der Waals surface area contributed by atoms with Gasteiger partial charge in [-0.1, -0.05) is 304 Å². The number of hydrogen-bond donors (Lipinski definition) is 0. The normalized spacial score (nSPS) is 12.7. The highest BCUT2D eigenvalue weighted by molar-refractivity contribution is 5.71. The number of rotatable bonds is 58. The third kappa shape index (κ3) is 61.2. The monoisotopic (exact) mass is 1060 g/mol. The lowest BCUT2D eigenvalue weighted by Gasteiger charge is -2.18. The predicted octanol–water partition coefficient (Wildman–Crippen LogP) is 22.0. The van der Waals surface area contributed by atoms with Gasteiger partial charge in [0.1, 0.15) is 13.2 Å². The van der Waals surface area contributed by atoms with E-state index in [1.54, 1.807) is 0 Å². The molecule has 0 saturated carbocycles. The van der Waals surface area contributed by atoms with Crippen molar-refractivity contribution in [3.05, 3.63) is 97.2 Å². The summed E-state index contributed by atoms with van der Waals surface area (Å²) in [7, 11) is 0. The SMILES string of the molecule is CC/C=C\C/C=C\C/C=C\C/C=C\CCCCCCC(=O)OC(COC(=O)CC/C=C\C/C=C\C/C=C\C/C=C\CC)COC(=O)CCCCCCCCCCCCCCCCCCCCCCCCCCCCCC. The molecule has 0 aliphatic heterocycles. The van der Waals surface area contributed by atoms with Crippen molar-refractivity contribution < 1.29 is 28.6 Å². The molecule has 0 aliphatic carbocycles. The van der Waals surface area contributed by atoms with Gasteiger partial charge in [-0.05, 0) is 83.5 Å². The van der Waals surface area contributed by atoms with E-state index < -0.39 is 6.10 Å². The number of ether oxygens (including phenoxy) is 3. The van der Waals surface area contributed by atoms with Crippen LogP contribution in [0, 0.1) is 0 Å². The molecule has 0 bridgehead atoms. The topological polar surface area (TPSA) is 78.9 Å². The molecule has 0 aromatic rings. The molecule has 0 rings (SSSR count). The lowest BCUT2D eigenvalue weighted by atomic mass is 10.0. The maximum Gasteiger partial charge on any atom is 0.306 e. The van der Waals surface area contributed by atoms with Gasteiger partial charge in [0.25, 0.3) is 0 Å². The standard InChI is InChI=1S/C70H120O6/c1-4-7-10-13-16-19-22-25-27-29-30-31-32-33-34-35-36-37-38-39-41-42-45-48-51-54-57-60-63-69(72)75-66-67(65-74-68(71)62-59-56-53-50-47-44-24-21-18-15-12-9-6-3)76-70(73)64-61-58-55-52-49-46-43-40-28-26-23-20-17-14-11-8-5-2/h8-9,11-12,17-18,20-21,26,28,43-44,46-47,53,56,67H,4-7,10,13-16,19,22-25,27,29-42,45,48-52,54-55,57-66H2,1-3H3/b11-8-,12-9-,20-17-,21-18-,28-26-,46-43-,47-44-,56-53-. The first-order valence-electron chi connectivity index (χ1n) is 32.2. The highest BCUT2D eigenvalue weighted by Gasteiger charge is 2.19. The molecule has 0 aliphatic rings. The molecule has 0 heterocycles. The Balaban J connectivity index is 4.28. The largest absolute Gasteiger partial charge is 0.462 e. The first-order chi connectivity index (χ1) is 37.5. The van der Waals surface area contributed by atoms with Gasteiger partial charge in [-0.2, -0.15) is 0 Å². The first-order valence-corrected chi connectivity index (χ1v) is 32.2. The first kappa shape index (κ1) is 72.3. The summed E-state index contributed by atoms with van der Waals surface area (Å²) in [5.41, 5.74) is 0. The van der Waals surface area contributed by atoms with Crippen molar-refractivity contribution in [2.75, 3.05) is 13.2 Å². The zero-order valence-electron chi connectivity index (χ0n) is 50.0. The van der Waals surface area contributed by atoms with Crippen LogP contribution in [0.2, 0.25) is 0 Å². The van der Waals surface area contributed by atoms with Crippen LogP contribution in [0.4, 0.5) is 0 Å². The molecule has 0 amide bonds. The number of unbranched alkanes of at least 4 members (excludes halogenated alkanes) is 31. The second-order valence-electron chi connectivity index (χ2n) is 21.3.